The highest BCUT2D eigenvalue weighted by atomic mass is 35.5. The molecule has 1 aromatic rings. The number of alkyl halides is 3. The Bertz CT molecular complexity index is 478. The SMILES string of the molecule is CC(C)(C)c1ccc([C@H](CC(F)(F)F)N2CCNCC2)cc1.Cl.Cl. The lowest BCUT2D eigenvalue weighted by Crippen LogP contribution is -2.46. The van der Waals surface area contributed by atoms with E-state index >= 15 is 0 Å². The van der Waals surface area contributed by atoms with Gasteiger partial charge in [-0.3, -0.25) is 4.90 Å². The van der Waals surface area contributed by atoms with Crippen LogP contribution in [0.1, 0.15) is 44.4 Å². The van der Waals surface area contributed by atoms with Crippen LogP contribution in [0.5, 0.6) is 0 Å². The topological polar surface area (TPSA) is 15.3 Å². The van der Waals surface area contributed by atoms with E-state index in [1.54, 1.807) is 0 Å². The first-order valence-electron chi connectivity index (χ1n) is 7.79. The lowest BCUT2D eigenvalue weighted by atomic mass is 9.86. The van der Waals surface area contributed by atoms with Crippen molar-refractivity contribution in [3.8, 4) is 0 Å². The summed E-state index contributed by atoms with van der Waals surface area (Å²) in [4.78, 5) is 1.94. The molecule has 2 nitrogen and oxygen atoms in total. The number of hydrogen-bond acceptors (Lipinski definition) is 2. The average Bonchev–Trinajstić information content (AvgIpc) is 2.44. The van der Waals surface area contributed by atoms with Crippen LogP contribution in [-0.4, -0.2) is 37.3 Å². The van der Waals surface area contributed by atoms with Crippen LogP contribution in [0.15, 0.2) is 24.3 Å². The lowest BCUT2D eigenvalue weighted by Gasteiger charge is -2.36. The third kappa shape index (κ3) is 6.79. The quantitative estimate of drug-likeness (QED) is 0.807. The number of hydrogen-bond donors (Lipinski definition) is 1. The Morgan fingerprint density at radius 2 is 1.50 bits per heavy atom. The summed E-state index contributed by atoms with van der Waals surface area (Å²) < 4.78 is 38.9. The summed E-state index contributed by atoms with van der Waals surface area (Å²) in [5.41, 5.74) is 1.90. The number of piperazine rings is 1. The first kappa shape index (κ1) is 23.5. The molecule has 1 N–H and O–H groups in total. The summed E-state index contributed by atoms with van der Waals surface area (Å²) >= 11 is 0. The van der Waals surface area contributed by atoms with Crippen molar-refractivity contribution in [2.24, 2.45) is 0 Å². The van der Waals surface area contributed by atoms with Crippen molar-refractivity contribution >= 4 is 24.8 Å². The summed E-state index contributed by atoms with van der Waals surface area (Å²) in [6.07, 6.45) is -4.94. The van der Waals surface area contributed by atoms with E-state index in [9.17, 15) is 13.2 Å². The van der Waals surface area contributed by atoms with Crippen LogP contribution in [0.2, 0.25) is 0 Å². The molecule has 1 fully saturated rings. The van der Waals surface area contributed by atoms with E-state index in [1.807, 2.05) is 29.2 Å². The van der Waals surface area contributed by atoms with Gasteiger partial charge >= 0.3 is 6.18 Å². The minimum Gasteiger partial charge on any atom is -0.314 e. The Hall–Kier alpha value is -0.490. The lowest BCUT2D eigenvalue weighted by molar-refractivity contribution is -0.148. The minimum atomic E-state index is -4.15. The van der Waals surface area contributed by atoms with Gasteiger partial charge in [-0.15, -0.1) is 24.8 Å². The molecule has 1 atom stereocenters. The van der Waals surface area contributed by atoms with Crippen molar-refractivity contribution < 1.29 is 13.2 Å². The molecule has 1 heterocycles. The van der Waals surface area contributed by atoms with Crippen LogP contribution in [0.3, 0.4) is 0 Å². The number of nitrogens with one attached hydrogen (secondary N) is 1. The maximum absolute atomic E-state index is 13.0. The molecule has 24 heavy (non-hydrogen) atoms. The smallest absolute Gasteiger partial charge is 0.314 e. The summed E-state index contributed by atoms with van der Waals surface area (Å²) in [6.45, 7) is 9.11. The molecule has 0 aliphatic carbocycles. The third-order valence-electron chi connectivity index (χ3n) is 4.18. The van der Waals surface area contributed by atoms with Gasteiger partial charge in [-0.05, 0) is 16.5 Å². The third-order valence-corrected chi connectivity index (χ3v) is 4.18. The van der Waals surface area contributed by atoms with Crippen LogP contribution < -0.4 is 5.32 Å². The molecule has 2 rings (SSSR count). The molecule has 0 aromatic heterocycles. The first-order valence-corrected chi connectivity index (χ1v) is 7.79. The Kier molecular flexibility index (Phi) is 9.09. The van der Waals surface area contributed by atoms with Gasteiger partial charge in [0.25, 0.3) is 0 Å². The van der Waals surface area contributed by atoms with Crippen molar-refractivity contribution in [2.45, 2.75) is 44.8 Å². The molecule has 140 valence electrons. The molecular weight excluding hydrogens is 360 g/mol. The zero-order valence-corrected chi connectivity index (χ0v) is 16.0. The highest BCUT2D eigenvalue weighted by Gasteiger charge is 2.36. The van der Waals surface area contributed by atoms with Crippen LogP contribution in [0.4, 0.5) is 13.2 Å². The number of rotatable bonds is 3. The van der Waals surface area contributed by atoms with E-state index in [4.69, 9.17) is 0 Å². The van der Waals surface area contributed by atoms with Crippen LogP contribution >= 0.6 is 24.8 Å². The highest BCUT2D eigenvalue weighted by Crippen LogP contribution is 2.34. The molecule has 1 aliphatic rings. The summed E-state index contributed by atoms with van der Waals surface area (Å²) in [5.74, 6) is 0. The molecule has 0 unspecified atom stereocenters. The molecule has 1 aromatic carbocycles. The molecule has 7 heteroatoms. The van der Waals surface area contributed by atoms with Gasteiger partial charge in [-0.2, -0.15) is 13.2 Å². The second kappa shape index (κ2) is 9.27. The zero-order chi connectivity index (χ0) is 16.4. The van der Waals surface area contributed by atoms with Gasteiger partial charge in [-0.1, -0.05) is 45.0 Å². The van der Waals surface area contributed by atoms with E-state index in [1.165, 1.54) is 0 Å². The summed E-state index contributed by atoms with van der Waals surface area (Å²) in [7, 11) is 0. The minimum absolute atomic E-state index is 0. The van der Waals surface area contributed by atoms with Gasteiger partial charge < -0.3 is 5.32 Å². The van der Waals surface area contributed by atoms with Crippen molar-refractivity contribution in [3.63, 3.8) is 0 Å². The normalized spacial score (nSPS) is 17.6. The Morgan fingerprint density at radius 3 is 1.92 bits per heavy atom. The van der Waals surface area contributed by atoms with Gasteiger partial charge in [0.15, 0.2) is 0 Å². The standard InChI is InChI=1S/C17H25F3N2.2ClH/c1-16(2,3)14-6-4-13(5-7-14)15(12-17(18,19)20)22-10-8-21-9-11-22;;/h4-7,15,21H,8-12H2,1-3H3;2*1H/t15-;;/m0../s1. The van der Waals surface area contributed by atoms with Gasteiger partial charge in [0.1, 0.15) is 0 Å². The van der Waals surface area contributed by atoms with Crippen molar-refractivity contribution in [3.05, 3.63) is 35.4 Å². The largest absolute Gasteiger partial charge is 0.390 e. The van der Waals surface area contributed by atoms with Gasteiger partial charge in [0.2, 0.25) is 0 Å². The van der Waals surface area contributed by atoms with Crippen LogP contribution in [0, 0.1) is 0 Å². The maximum atomic E-state index is 13.0. The molecule has 0 bridgehead atoms. The fraction of sp³-hybridized carbons (Fsp3) is 0.647. The van der Waals surface area contributed by atoms with E-state index in [-0.39, 0.29) is 30.2 Å². The van der Waals surface area contributed by atoms with Gasteiger partial charge in [0, 0.05) is 32.2 Å². The second-order valence-corrected chi connectivity index (χ2v) is 6.99. The van der Waals surface area contributed by atoms with Crippen molar-refractivity contribution in [1.82, 2.24) is 10.2 Å². The summed E-state index contributed by atoms with van der Waals surface area (Å²) in [6, 6.07) is 7.05. The van der Waals surface area contributed by atoms with Crippen LogP contribution in [-0.2, 0) is 5.41 Å². The molecule has 1 saturated heterocycles. The van der Waals surface area contributed by atoms with Gasteiger partial charge in [-0.25, -0.2) is 0 Å². The van der Waals surface area contributed by atoms with Crippen molar-refractivity contribution in [2.75, 3.05) is 26.2 Å². The van der Waals surface area contributed by atoms with Gasteiger partial charge in [0.05, 0.1) is 6.42 Å². The fourth-order valence-electron chi connectivity index (χ4n) is 2.88. The van der Waals surface area contributed by atoms with E-state index in [0.29, 0.717) is 13.1 Å². The highest BCUT2D eigenvalue weighted by molar-refractivity contribution is 5.85. The molecule has 0 spiro atoms. The monoisotopic (exact) mass is 386 g/mol. The van der Waals surface area contributed by atoms with E-state index in [2.05, 4.69) is 26.1 Å². The number of nitrogens with zero attached hydrogens (tertiary/aromatic N) is 1. The van der Waals surface area contributed by atoms with Crippen molar-refractivity contribution in [1.29, 1.82) is 0 Å². The number of benzene rings is 1. The Balaban J connectivity index is 0.00000264. The Morgan fingerprint density at radius 1 is 1.00 bits per heavy atom. The maximum Gasteiger partial charge on any atom is 0.390 e. The first-order chi connectivity index (χ1) is 10.2. The average molecular weight is 387 g/mol. The zero-order valence-electron chi connectivity index (χ0n) is 14.3. The van der Waals surface area contributed by atoms with E-state index < -0.39 is 18.6 Å². The molecular formula is C17H27Cl2F3N2. The molecule has 1 aliphatic heterocycles. The van der Waals surface area contributed by atoms with E-state index in [0.717, 1.165) is 24.2 Å². The fourth-order valence-corrected chi connectivity index (χ4v) is 2.88. The predicted molar refractivity (Wildman–Crippen MR) is 97.5 cm³/mol. The predicted octanol–water partition coefficient (Wildman–Crippen LogP) is 4.73. The number of halogens is 5. The molecule has 0 radical (unpaired) electrons. The van der Waals surface area contributed by atoms with Crippen LogP contribution in [0.25, 0.3) is 0 Å². The summed E-state index contributed by atoms with van der Waals surface area (Å²) in [5, 5.41) is 3.19. The molecule has 0 amide bonds. The second-order valence-electron chi connectivity index (χ2n) is 6.99. The Labute approximate surface area is 155 Å². The molecule has 0 saturated carbocycles.